The minimum Gasteiger partial charge on any atom is -0.421 e. The zero-order valence-electron chi connectivity index (χ0n) is 12.6. The molecule has 4 N–H and O–H groups in total. The smallest absolute Gasteiger partial charge is 0.359 e. The van der Waals surface area contributed by atoms with E-state index in [1.54, 1.807) is 24.3 Å². The first-order valence-corrected chi connectivity index (χ1v) is 7.11. The van der Waals surface area contributed by atoms with Crippen molar-refractivity contribution >= 4 is 33.3 Å². The van der Waals surface area contributed by atoms with Crippen LogP contribution in [-0.4, -0.2) is 0 Å². The van der Waals surface area contributed by atoms with Gasteiger partial charge in [-0.05, 0) is 24.3 Å². The third kappa shape index (κ3) is 3.12. The second-order valence-electron chi connectivity index (χ2n) is 5.05. The van der Waals surface area contributed by atoms with Crippen LogP contribution < -0.4 is 22.7 Å². The van der Waals surface area contributed by atoms with Crippen molar-refractivity contribution in [2.75, 3.05) is 11.5 Å². The lowest BCUT2D eigenvalue weighted by Crippen LogP contribution is -2.05. The van der Waals surface area contributed by atoms with Crippen LogP contribution in [0, 0.1) is 0 Å². The highest BCUT2D eigenvalue weighted by atomic mass is 16.4. The summed E-state index contributed by atoms with van der Waals surface area (Å²) in [7, 11) is 0. The zero-order chi connectivity index (χ0) is 17.1. The first kappa shape index (κ1) is 15.4. The van der Waals surface area contributed by atoms with E-state index in [-0.39, 0.29) is 11.4 Å². The van der Waals surface area contributed by atoms with E-state index in [1.165, 1.54) is 0 Å². The molecule has 120 valence electrons. The second kappa shape index (κ2) is 6.29. The highest BCUT2D eigenvalue weighted by molar-refractivity contribution is 5.79. The number of rotatable bonds is 0. The Morgan fingerprint density at radius 3 is 1.42 bits per heavy atom. The number of fused-ring (bicyclic) bond motifs is 2. The van der Waals surface area contributed by atoms with Crippen molar-refractivity contribution in [1.82, 2.24) is 0 Å². The minimum atomic E-state index is -0.478. The van der Waals surface area contributed by atoms with Gasteiger partial charge in [0.1, 0.15) is 22.5 Å². The minimum absolute atomic E-state index is 0.147. The summed E-state index contributed by atoms with van der Waals surface area (Å²) in [6, 6.07) is 17.7. The van der Waals surface area contributed by atoms with Crippen LogP contribution in [0.15, 0.2) is 79.1 Å². The average Bonchev–Trinajstić information content (AvgIpc) is 2.57. The van der Waals surface area contributed by atoms with Crippen LogP contribution in [0.2, 0.25) is 0 Å². The molecule has 4 rings (SSSR count). The first-order chi connectivity index (χ1) is 11.5. The molecule has 6 heteroatoms. The molecule has 0 saturated carbocycles. The number of hydrogen-bond acceptors (Lipinski definition) is 6. The van der Waals surface area contributed by atoms with Crippen molar-refractivity contribution < 1.29 is 8.83 Å². The number of nitrogens with two attached hydrogens (primary N) is 2. The van der Waals surface area contributed by atoms with Gasteiger partial charge in [0.05, 0.1) is 0 Å². The Labute approximate surface area is 135 Å². The average molecular weight is 322 g/mol. The van der Waals surface area contributed by atoms with E-state index in [1.807, 2.05) is 36.4 Å². The zero-order valence-corrected chi connectivity index (χ0v) is 12.6. The van der Waals surface area contributed by atoms with Crippen LogP contribution in [0.4, 0.5) is 11.4 Å². The molecular weight excluding hydrogens is 308 g/mol. The molecule has 4 aromatic rings. The van der Waals surface area contributed by atoms with E-state index < -0.39 is 11.3 Å². The summed E-state index contributed by atoms with van der Waals surface area (Å²) in [5, 5.41) is 1.68. The van der Waals surface area contributed by atoms with Crippen LogP contribution in [0.1, 0.15) is 0 Å². The predicted molar refractivity (Wildman–Crippen MR) is 93.8 cm³/mol. The molecule has 0 aliphatic rings. The van der Waals surface area contributed by atoms with Gasteiger partial charge in [-0.3, -0.25) is 0 Å². The van der Waals surface area contributed by atoms with Gasteiger partial charge in [0.25, 0.3) is 0 Å². The Balaban J connectivity index is 0.000000141. The van der Waals surface area contributed by atoms with Gasteiger partial charge in [0, 0.05) is 10.8 Å². The summed E-state index contributed by atoms with van der Waals surface area (Å²) in [5.74, 6) is 0. The number of anilines is 2. The largest absolute Gasteiger partial charge is 0.421 e. The van der Waals surface area contributed by atoms with Crippen LogP contribution in [0.5, 0.6) is 0 Å². The molecule has 2 aromatic heterocycles. The normalized spacial score (nSPS) is 10.3. The van der Waals surface area contributed by atoms with E-state index in [9.17, 15) is 9.59 Å². The fourth-order valence-electron chi connectivity index (χ4n) is 2.16. The van der Waals surface area contributed by atoms with E-state index in [2.05, 4.69) is 0 Å². The summed E-state index contributed by atoms with van der Waals surface area (Å²) >= 11 is 0. The number of hydrogen-bond donors (Lipinski definition) is 2. The Bertz CT molecular complexity index is 1040. The number of para-hydroxylation sites is 2. The van der Waals surface area contributed by atoms with Crippen LogP contribution in [0.25, 0.3) is 21.9 Å². The topological polar surface area (TPSA) is 112 Å². The van der Waals surface area contributed by atoms with Crippen molar-refractivity contribution in [3.63, 3.8) is 0 Å². The first-order valence-electron chi connectivity index (χ1n) is 7.11. The molecule has 0 atom stereocenters. The predicted octanol–water partition coefficient (Wildman–Crippen LogP) is 2.75. The molecule has 0 spiro atoms. The third-order valence-electron chi connectivity index (χ3n) is 3.34. The molecule has 0 radical (unpaired) electrons. The van der Waals surface area contributed by atoms with Gasteiger partial charge in [0.2, 0.25) is 0 Å². The molecule has 0 fully saturated rings. The maximum absolute atomic E-state index is 10.9. The monoisotopic (exact) mass is 322 g/mol. The number of nitrogen functional groups attached to an aromatic ring is 2. The lowest BCUT2D eigenvalue weighted by Gasteiger charge is -1.95. The summed E-state index contributed by atoms with van der Waals surface area (Å²) in [6.07, 6.45) is 0. The molecule has 0 unspecified atom stereocenters. The van der Waals surface area contributed by atoms with Gasteiger partial charge >= 0.3 is 11.3 Å². The Morgan fingerprint density at radius 1 is 0.625 bits per heavy atom. The van der Waals surface area contributed by atoms with E-state index in [0.717, 1.165) is 10.8 Å². The molecule has 2 heterocycles. The third-order valence-corrected chi connectivity index (χ3v) is 3.34. The summed E-state index contributed by atoms with van der Waals surface area (Å²) < 4.78 is 9.82. The van der Waals surface area contributed by atoms with Crippen LogP contribution >= 0.6 is 0 Å². The lowest BCUT2D eigenvalue weighted by atomic mass is 10.2. The molecule has 0 bridgehead atoms. The van der Waals surface area contributed by atoms with Crippen LogP contribution in [0.3, 0.4) is 0 Å². The Kier molecular flexibility index (Phi) is 4.03. The van der Waals surface area contributed by atoms with Crippen molar-refractivity contribution in [2.45, 2.75) is 0 Å². The van der Waals surface area contributed by atoms with Gasteiger partial charge in [-0.15, -0.1) is 0 Å². The molecule has 0 amide bonds. The molecule has 24 heavy (non-hydrogen) atoms. The molecule has 2 aromatic carbocycles. The van der Waals surface area contributed by atoms with E-state index in [4.69, 9.17) is 20.3 Å². The molecule has 0 saturated heterocycles. The van der Waals surface area contributed by atoms with Crippen molar-refractivity contribution in [3.8, 4) is 0 Å². The second-order valence-corrected chi connectivity index (χ2v) is 5.05. The fraction of sp³-hybridized carbons (Fsp3) is 0. The Morgan fingerprint density at radius 2 is 1.00 bits per heavy atom. The molecule has 0 aliphatic heterocycles. The standard InChI is InChI=1S/2C9H7NO2/c2*10-7-5-6-3-1-2-4-8(6)12-9(7)11/h2*1-5H,10H2. The summed E-state index contributed by atoms with van der Waals surface area (Å²) in [6.45, 7) is 0. The SMILES string of the molecule is Nc1cc2ccccc2oc1=O.Nc1cc2ccccc2oc1=O. The summed E-state index contributed by atoms with van der Waals surface area (Å²) in [4.78, 5) is 21.9. The summed E-state index contributed by atoms with van der Waals surface area (Å²) in [5.41, 5.74) is 11.2. The van der Waals surface area contributed by atoms with Gasteiger partial charge in [-0.25, -0.2) is 9.59 Å². The van der Waals surface area contributed by atoms with Gasteiger partial charge in [-0.1, -0.05) is 36.4 Å². The van der Waals surface area contributed by atoms with Gasteiger partial charge in [0.15, 0.2) is 0 Å². The maximum Gasteiger partial charge on any atom is 0.359 e. The van der Waals surface area contributed by atoms with E-state index >= 15 is 0 Å². The molecular formula is C18H14N2O4. The fourth-order valence-corrected chi connectivity index (χ4v) is 2.16. The molecule has 0 aliphatic carbocycles. The van der Waals surface area contributed by atoms with E-state index in [0.29, 0.717) is 11.2 Å². The number of benzene rings is 2. The van der Waals surface area contributed by atoms with Crippen molar-refractivity contribution in [2.24, 2.45) is 0 Å². The van der Waals surface area contributed by atoms with Crippen molar-refractivity contribution in [1.29, 1.82) is 0 Å². The quantitative estimate of drug-likeness (QED) is 0.481. The maximum atomic E-state index is 10.9. The Hall–Kier alpha value is -3.54. The lowest BCUT2D eigenvalue weighted by molar-refractivity contribution is 0.564. The van der Waals surface area contributed by atoms with Gasteiger partial charge < -0.3 is 20.3 Å². The van der Waals surface area contributed by atoms with Crippen molar-refractivity contribution in [3.05, 3.63) is 81.5 Å². The molecule has 6 nitrogen and oxygen atoms in total. The highest BCUT2D eigenvalue weighted by Crippen LogP contribution is 2.13. The highest BCUT2D eigenvalue weighted by Gasteiger charge is 1.99. The van der Waals surface area contributed by atoms with Crippen LogP contribution in [-0.2, 0) is 0 Å². The van der Waals surface area contributed by atoms with Gasteiger partial charge in [-0.2, -0.15) is 0 Å².